The van der Waals surface area contributed by atoms with Gasteiger partial charge in [-0.15, -0.1) is 0 Å². The topological polar surface area (TPSA) is 74.2 Å². The Kier molecular flexibility index (Phi) is 6.03. The van der Waals surface area contributed by atoms with Crippen LogP contribution in [0.4, 0.5) is 0 Å². The van der Waals surface area contributed by atoms with Gasteiger partial charge in [-0.05, 0) is 29.3 Å². The molecule has 2 rings (SSSR count). The van der Waals surface area contributed by atoms with Gasteiger partial charge in [0.15, 0.2) is 11.5 Å². The summed E-state index contributed by atoms with van der Waals surface area (Å²) in [4.78, 5) is 11.2. The van der Waals surface area contributed by atoms with Crippen LogP contribution >= 0.6 is 0 Å². The van der Waals surface area contributed by atoms with Crippen molar-refractivity contribution in [3.63, 3.8) is 0 Å². The Balaban J connectivity index is 2.11. The number of carboxylic acid groups (broad SMARTS) is 1. The minimum absolute atomic E-state index is 0.194. The SMILES string of the molecule is COc1cc(COCc2ccccc2C(=O)O)cc(OC)c1OC. The van der Waals surface area contributed by atoms with Gasteiger partial charge in [0.25, 0.3) is 0 Å². The number of carboxylic acids is 1. The van der Waals surface area contributed by atoms with Gasteiger partial charge in [0.05, 0.1) is 40.1 Å². The Hall–Kier alpha value is -2.73. The standard InChI is InChI=1S/C18H20O6/c1-21-15-8-12(9-16(22-2)17(15)23-3)10-24-11-13-6-4-5-7-14(13)18(19)20/h4-9H,10-11H2,1-3H3,(H,19,20). The zero-order valence-electron chi connectivity index (χ0n) is 13.9. The van der Waals surface area contributed by atoms with E-state index in [1.54, 1.807) is 57.7 Å². The Labute approximate surface area is 140 Å². The van der Waals surface area contributed by atoms with Crippen LogP contribution in [-0.2, 0) is 18.0 Å². The van der Waals surface area contributed by atoms with Gasteiger partial charge in [0.1, 0.15) is 0 Å². The van der Waals surface area contributed by atoms with Crippen LogP contribution < -0.4 is 14.2 Å². The molecule has 0 saturated carbocycles. The second kappa shape index (κ2) is 8.21. The van der Waals surface area contributed by atoms with E-state index in [4.69, 9.17) is 18.9 Å². The molecule has 6 nitrogen and oxygen atoms in total. The molecule has 0 saturated heterocycles. The molecular formula is C18H20O6. The Morgan fingerprint density at radius 2 is 1.58 bits per heavy atom. The fourth-order valence-electron chi connectivity index (χ4n) is 2.35. The molecule has 0 bridgehead atoms. The molecule has 2 aromatic rings. The van der Waals surface area contributed by atoms with Crippen molar-refractivity contribution in [3.8, 4) is 17.2 Å². The van der Waals surface area contributed by atoms with Gasteiger partial charge in [-0.1, -0.05) is 18.2 Å². The highest BCUT2D eigenvalue weighted by atomic mass is 16.5. The van der Waals surface area contributed by atoms with E-state index in [0.717, 1.165) is 5.56 Å². The summed E-state index contributed by atoms with van der Waals surface area (Å²) in [5, 5.41) is 9.17. The van der Waals surface area contributed by atoms with Gasteiger partial charge in [-0.2, -0.15) is 0 Å². The van der Waals surface area contributed by atoms with E-state index < -0.39 is 5.97 Å². The van der Waals surface area contributed by atoms with E-state index in [0.29, 0.717) is 22.8 Å². The summed E-state index contributed by atoms with van der Waals surface area (Å²) in [5.41, 5.74) is 1.69. The van der Waals surface area contributed by atoms with Crippen molar-refractivity contribution < 1.29 is 28.8 Å². The first-order valence-electron chi connectivity index (χ1n) is 7.28. The highest BCUT2D eigenvalue weighted by Gasteiger charge is 2.14. The second-order valence-corrected chi connectivity index (χ2v) is 4.99. The van der Waals surface area contributed by atoms with Gasteiger partial charge < -0.3 is 24.1 Å². The molecule has 0 atom stereocenters. The van der Waals surface area contributed by atoms with Gasteiger partial charge in [-0.3, -0.25) is 0 Å². The van der Waals surface area contributed by atoms with Crippen LogP contribution in [0.25, 0.3) is 0 Å². The van der Waals surface area contributed by atoms with Gasteiger partial charge >= 0.3 is 5.97 Å². The summed E-state index contributed by atoms with van der Waals surface area (Å²) in [6.07, 6.45) is 0. The molecule has 24 heavy (non-hydrogen) atoms. The summed E-state index contributed by atoms with van der Waals surface area (Å²) in [6, 6.07) is 10.4. The summed E-state index contributed by atoms with van der Waals surface area (Å²) < 4.78 is 21.5. The summed E-state index contributed by atoms with van der Waals surface area (Å²) in [7, 11) is 4.63. The molecule has 0 aliphatic heterocycles. The normalized spacial score (nSPS) is 10.3. The molecule has 0 spiro atoms. The van der Waals surface area contributed by atoms with Crippen molar-refractivity contribution in [2.45, 2.75) is 13.2 Å². The number of methoxy groups -OCH3 is 3. The maximum atomic E-state index is 11.2. The zero-order valence-corrected chi connectivity index (χ0v) is 13.9. The van der Waals surface area contributed by atoms with Crippen molar-refractivity contribution in [3.05, 3.63) is 53.1 Å². The molecule has 0 radical (unpaired) electrons. The highest BCUT2D eigenvalue weighted by molar-refractivity contribution is 5.89. The number of aromatic carboxylic acids is 1. The van der Waals surface area contributed by atoms with E-state index in [1.165, 1.54) is 0 Å². The number of rotatable bonds is 8. The lowest BCUT2D eigenvalue weighted by molar-refractivity contribution is 0.0684. The summed E-state index contributed by atoms with van der Waals surface area (Å²) in [5.74, 6) is 0.629. The third-order valence-corrected chi connectivity index (χ3v) is 3.50. The fourth-order valence-corrected chi connectivity index (χ4v) is 2.35. The predicted octanol–water partition coefficient (Wildman–Crippen LogP) is 3.13. The number of benzene rings is 2. The van der Waals surface area contributed by atoms with Crippen LogP contribution in [0.5, 0.6) is 17.2 Å². The third kappa shape index (κ3) is 3.97. The molecule has 0 aliphatic rings. The summed E-state index contributed by atoms with van der Waals surface area (Å²) in [6.45, 7) is 0.476. The smallest absolute Gasteiger partial charge is 0.336 e. The van der Waals surface area contributed by atoms with Crippen LogP contribution in [-0.4, -0.2) is 32.4 Å². The minimum atomic E-state index is -0.970. The zero-order chi connectivity index (χ0) is 17.5. The largest absolute Gasteiger partial charge is 0.493 e. The molecule has 2 aromatic carbocycles. The molecule has 1 N–H and O–H groups in total. The predicted molar refractivity (Wildman–Crippen MR) is 88.0 cm³/mol. The first-order valence-corrected chi connectivity index (χ1v) is 7.28. The monoisotopic (exact) mass is 332 g/mol. The number of carbonyl (C=O) groups is 1. The average Bonchev–Trinajstić information content (AvgIpc) is 2.61. The van der Waals surface area contributed by atoms with Gasteiger partial charge in [0, 0.05) is 0 Å². The third-order valence-electron chi connectivity index (χ3n) is 3.50. The average molecular weight is 332 g/mol. The van der Waals surface area contributed by atoms with Crippen molar-refractivity contribution in [2.24, 2.45) is 0 Å². The van der Waals surface area contributed by atoms with Gasteiger partial charge in [-0.25, -0.2) is 4.79 Å². The van der Waals surface area contributed by atoms with Crippen LogP contribution in [0, 0.1) is 0 Å². The molecule has 0 aliphatic carbocycles. The Morgan fingerprint density at radius 1 is 0.958 bits per heavy atom. The van der Waals surface area contributed by atoms with Crippen LogP contribution in [0.15, 0.2) is 36.4 Å². The first kappa shape index (κ1) is 17.6. The maximum absolute atomic E-state index is 11.2. The van der Waals surface area contributed by atoms with E-state index in [9.17, 15) is 9.90 Å². The lowest BCUT2D eigenvalue weighted by Crippen LogP contribution is -2.04. The number of ether oxygens (including phenoxy) is 4. The van der Waals surface area contributed by atoms with Crippen molar-refractivity contribution in [1.82, 2.24) is 0 Å². The van der Waals surface area contributed by atoms with E-state index in [-0.39, 0.29) is 18.8 Å². The van der Waals surface area contributed by atoms with E-state index in [2.05, 4.69) is 0 Å². The van der Waals surface area contributed by atoms with Crippen molar-refractivity contribution >= 4 is 5.97 Å². The Bertz CT molecular complexity index is 685. The molecule has 0 aromatic heterocycles. The molecule has 0 unspecified atom stereocenters. The van der Waals surface area contributed by atoms with Gasteiger partial charge in [0.2, 0.25) is 5.75 Å². The van der Waals surface area contributed by atoms with Crippen molar-refractivity contribution in [2.75, 3.05) is 21.3 Å². The molecular weight excluding hydrogens is 312 g/mol. The molecule has 0 fully saturated rings. The van der Waals surface area contributed by atoms with Crippen LogP contribution in [0.3, 0.4) is 0 Å². The number of hydrogen-bond donors (Lipinski definition) is 1. The van der Waals surface area contributed by atoms with Crippen LogP contribution in [0.2, 0.25) is 0 Å². The molecule has 0 amide bonds. The highest BCUT2D eigenvalue weighted by Crippen LogP contribution is 2.38. The van der Waals surface area contributed by atoms with Crippen LogP contribution in [0.1, 0.15) is 21.5 Å². The number of hydrogen-bond acceptors (Lipinski definition) is 5. The lowest BCUT2D eigenvalue weighted by atomic mass is 10.1. The first-order chi connectivity index (χ1) is 11.6. The van der Waals surface area contributed by atoms with E-state index in [1.807, 2.05) is 0 Å². The molecule has 128 valence electrons. The summed E-state index contributed by atoms with van der Waals surface area (Å²) >= 11 is 0. The lowest BCUT2D eigenvalue weighted by Gasteiger charge is -2.14. The fraction of sp³-hybridized carbons (Fsp3) is 0.278. The van der Waals surface area contributed by atoms with Crippen molar-refractivity contribution in [1.29, 1.82) is 0 Å². The quantitative estimate of drug-likeness (QED) is 0.800. The van der Waals surface area contributed by atoms with E-state index >= 15 is 0 Å². The Morgan fingerprint density at radius 3 is 2.12 bits per heavy atom. The molecule has 6 heteroatoms. The molecule has 0 heterocycles. The minimum Gasteiger partial charge on any atom is -0.493 e. The maximum Gasteiger partial charge on any atom is 0.336 e. The second-order valence-electron chi connectivity index (χ2n) is 4.99.